The van der Waals surface area contributed by atoms with E-state index < -0.39 is 17.4 Å². The summed E-state index contributed by atoms with van der Waals surface area (Å²) in [5.41, 5.74) is 1.40. The van der Waals surface area contributed by atoms with E-state index >= 15 is 0 Å². The molecule has 0 radical (unpaired) electrons. The summed E-state index contributed by atoms with van der Waals surface area (Å²) in [5.74, 6) is -1.55. The molecule has 206 valence electrons. The highest BCUT2D eigenvalue weighted by Gasteiger charge is 2.35. The lowest BCUT2D eigenvalue weighted by Crippen LogP contribution is -2.51. The van der Waals surface area contributed by atoms with Crippen molar-refractivity contribution in [3.8, 4) is 5.75 Å². The lowest BCUT2D eigenvalue weighted by molar-refractivity contribution is -0.119. The fraction of sp³-hybridized carbons (Fsp3) is 0.360. The van der Waals surface area contributed by atoms with Gasteiger partial charge in [-0.1, -0.05) is 13.8 Å². The van der Waals surface area contributed by atoms with Crippen LogP contribution in [0.3, 0.4) is 0 Å². The Morgan fingerprint density at radius 2 is 1.85 bits per heavy atom. The van der Waals surface area contributed by atoms with Crippen LogP contribution in [0.4, 0.5) is 42.5 Å². The molecule has 0 saturated heterocycles. The smallest absolute Gasteiger partial charge is 0.320 e. The van der Waals surface area contributed by atoms with E-state index in [1.54, 1.807) is 19.4 Å². The van der Waals surface area contributed by atoms with Crippen LogP contribution in [0.2, 0.25) is 0 Å². The quantitative estimate of drug-likeness (QED) is 0.356. The minimum Gasteiger partial charge on any atom is -0.503 e. The van der Waals surface area contributed by atoms with Gasteiger partial charge in [0.1, 0.15) is 17.4 Å². The van der Waals surface area contributed by atoms with E-state index in [1.165, 1.54) is 11.1 Å². The summed E-state index contributed by atoms with van der Waals surface area (Å²) in [4.78, 5) is 43.3. The van der Waals surface area contributed by atoms with Crippen molar-refractivity contribution >= 4 is 40.9 Å². The second-order valence-electron chi connectivity index (χ2n) is 9.42. The summed E-state index contributed by atoms with van der Waals surface area (Å²) in [6, 6.07) is 1.30. The Labute approximate surface area is 223 Å². The van der Waals surface area contributed by atoms with Gasteiger partial charge in [0.15, 0.2) is 29.0 Å². The first-order valence-electron chi connectivity index (χ1n) is 12.3. The van der Waals surface area contributed by atoms with Crippen LogP contribution in [0.1, 0.15) is 32.9 Å². The van der Waals surface area contributed by atoms with Crippen LogP contribution in [0, 0.1) is 17.6 Å². The zero-order valence-corrected chi connectivity index (χ0v) is 21.9. The molecule has 2 aromatic heterocycles. The molecule has 0 fully saturated rings. The van der Waals surface area contributed by atoms with E-state index in [4.69, 9.17) is 0 Å². The number of aromatic hydroxyl groups is 1. The molecule has 5 rings (SSSR count). The zero-order valence-electron chi connectivity index (χ0n) is 21.9. The van der Waals surface area contributed by atoms with Crippen molar-refractivity contribution in [2.45, 2.75) is 39.8 Å². The number of benzene rings is 1. The molecule has 39 heavy (non-hydrogen) atoms. The fourth-order valence-corrected chi connectivity index (χ4v) is 3.97. The number of aromatic nitrogens is 4. The second kappa shape index (κ2) is 11.4. The predicted molar refractivity (Wildman–Crippen MR) is 141 cm³/mol. The van der Waals surface area contributed by atoms with Crippen LogP contribution in [0.15, 0.2) is 30.7 Å². The Hall–Kier alpha value is -4.62. The molecule has 0 spiro atoms. The third-order valence-corrected chi connectivity index (χ3v) is 6.18. The number of hydrogen-bond donors (Lipinski definition) is 4. The number of urea groups is 1. The molecule has 3 aromatic rings. The van der Waals surface area contributed by atoms with Crippen molar-refractivity contribution in [1.82, 2.24) is 25.3 Å². The van der Waals surface area contributed by atoms with Gasteiger partial charge in [-0.15, -0.1) is 0 Å². The number of nitrogens with one attached hydrogen (secondary N) is 3. The molecule has 4 heterocycles. The van der Waals surface area contributed by atoms with Gasteiger partial charge in [0.25, 0.3) is 0 Å². The Bertz CT molecular complexity index is 1370. The van der Waals surface area contributed by atoms with Gasteiger partial charge in [0, 0.05) is 43.8 Å². The lowest BCUT2D eigenvalue weighted by Gasteiger charge is -2.39. The Kier molecular flexibility index (Phi) is 8.02. The summed E-state index contributed by atoms with van der Waals surface area (Å²) in [6.07, 6.45) is 5.52. The zero-order chi connectivity index (χ0) is 28.3. The van der Waals surface area contributed by atoms with Crippen LogP contribution < -0.4 is 25.8 Å². The summed E-state index contributed by atoms with van der Waals surface area (Å²) in [5, 5.41) is 17.1. The number of nitrogens with zero attached hydrogens (tertiary/aromatic N) is 6. The molecule has 3 amide bonds. The number of likely N-dealkylation sites (N-methyl/N-ethyl adjacent to an activating group) is 1. The van der Waals surface area contributed by atoms with Gasteiger partial charge in [0.2, 0.25) is 11.9 Å². The number of fused-ring (bicyclic) bond motifs is 2. The van der Waals surface area contributed by atoms with Gasteiger partial charge in [-0.05, 0) is 19.3 Å². The van der Waals surface area contributed by atoms with Crippen molar-refractivity contribution in [3.63, 3.8) is 0 Å². The van der Waals surface area contributed by atoms with Gasteiger partial charge in [-0.3, -0.25) is 15.1 Å². The average molecular weight is 542 g/mol. The molecule has 12 nitrogen and oxygen atoms in total. The summed E-state index contributed by atoms with van der Waals surface area (Å²) >= 11 is 0. The molecular formula is C25H29F2N9O3. The highest BCUT2D eigenvalue weighted by atomic mass is 19.1. The molecule has 2 aliphatic heterocycles. The molecule has 2 aliphatic rings. The van der Waals surface area contributed by atoms with Gasteiger partial charge in [-0.2, -0.15) is 4.98 Å². The van der Waals surface area contributed by atoms with Gasteiger partial charge in [0.05, 0.1) is 12.7 Å². The molecule has 4 N–H and O–H groups in total. The first-order chi connectivity index (χ1) is 18.5. The number of amides is 3. The van der Waals surface area contributed by atoms with Crippen LogP contribution >= 0.6 is 0 Å². The molecule has 1 unspecified atom stereocenters. The maximum absolute atomic E-state index is 13.6. The predicted octanol–water partition coefficient (Wildman–Crippen LogP) is 3.53. The van der Waals surface area contributed by atoms with E-state index in [9.17, 15) is 23.5 Å². The van der Waals surface area contributed by atoms with Crippen LogP contribution in [0.5, 0.6) is 5.75 Å². The van der Waals surface area contributed by atoms with Gasteiger partial charge >= 0.3 is 6.03 Å². The van der Waals surface area contributed by atoms with Crippen LogP contribution in [0.25, 0.3) is 0 Å². The van der Waals surface area contributed by atoms with Crippen molar-refractivity contribution in [3.05, 3.63) is 48.1 Å². The minimum atomic E-state index is -1.09. The van der Waals surface area contributed by atoms with E-state index in [2.05, 4.69) is 49.7 Å². The number of phenolic OH excluding ortho intramolecular Hbond substituents is 1. The maximum atomic E-state index is 13.6. The molecular weight excluding hydrogens is 512 g/mol. The van der Waals surface area contributed by atoms with Gasteiger partial charge in [-0.25, -0.2) is 23.5 Å². The Balaban J connectivity index is 0.000000265. The van der Waals surface area contributed by atoms with E-state index in [-0.39, 0.29) is 29.6 Å². The Morgan fingerprint density at radius 1 is 1.15 bits per heavy atom. The van der Waals surface area contributed by atoms with Crippen LogP contribution in [-0.4, -0.2) is 56.6 Å². The number of anilines is 5. The first kappa shape index (κ1) is 27.4. The average Bonchev–Trinajstić information content (AvgIpc) is 2.90. The van der Waals surface area contributed by atoms with Crippen molar-refractivity contribution in [1.29, 1.82) is 0 Å². The molecule has 14 heteroatoms. The van der Waals surface area contributed by atoms with Crippen molar-refractivity contribution in [2.75, 3.05) is 34.0 Å². The molecule has 0 aliphatic carbocycles. The minimum absolute atomic E-state index is 0.0526. The van der Waals surface area contributed by atoms with E-state index in [1.807, 2.05) is 11.8 Å². The third-order valence-electron chi connectivity index (χ3n) is 6.18. The number of halogens is 2. The van der Waals surface area contributed by atoms with Crippen molar-refractivity contribution < 1.29 is 23.5 Å². The first-order valence-corrected chi connectivity index (χ1v) is 12.3. The standard InChI is InChI=1S/C19H23F2N5O2.C6H6N4O/c1-10(2)5-6-26-11(3)18(28)25(4)15-9-22-19(24-17(15)26)23-12-7-13(20)16(27)14(21)8-12;11-6-9-3-4-5(10-6)8-2-1-7-4/h7-11,27H,5-6H2,1-4H3,(H,22,23,24);1-2H,3H2,(H2,8,9,10,11). The molecule has 1 aromatic carbocycles. The lowest BCUT2D eigenvalue weighted by atomic mass is 10.1. The second-order valence-corrected chi connectivity index (χ2v) is 9.42. The highest BCUT2D eigenvalue weighted by Crippen LogP contribution is 2.35. The number of carbonyl (C=O) groups is 2. The van der Waals surface area contributed by atoms with Crippen molar-refractivity contribution in [2.24, 2.45) is 5.92 Å². The highest BCUT2D eigenvalue weighted by molar-refractivity contribution is 6.04. The number of phenols is 1. The molecule has 0 bridgehead atoms. The Morgan fingerprint density at radius 3 is 2.54 bits per heavy atom. The molecule has 1 atom stereocenters. The number of hydrogen-bond acceptors (Lipinski definition) is 9. The van der Waals surface area contributed by atoms with E-state index in [0.717, 1.165) is 24.2 Å². The topological polar surface area (TPSA) is 148 Å². The monoisotopic (exact) mass is 541 g/mol. The summed E-state index contributed by atoms with van der Waals surface area (Å²) < 4.78 is 27.2. The fourth-order valence-electron chi connectivity index (χ4n) is 3.97. The summed E-state index contributed by atoms with van der Waals surface area (Å²) in [6.45, 7) is 7.12. The van der Waals surface area contributed by atoms with Gasteiger partial charge < -0.3 is 25.5 Å². The largest absolute Gasteiger partial charge is 0.503 e. The SMILES string of the molecule is CC(C)CCN1c2nc(Nc3cc(F)c(O)c(F)c3)ncc2N(C)C(=O)C1C.O=C1NCc2nccnc2N1. The normalized spacial score (nSPS) is 16.0. The number of rotatable bonds is 5. The number of carbonyl (C=O) groups excluding carboxylic acids is 2. The molecule has 0 saturated carbocycles. The summed E-state index contributed by atoms with van der Waals surface area (Å²) in [7, 11) is 1.67. The third kappa shape index (κ3) is 6.10. The van der Waals surface area contributed by atoms with E-state index in [0.29, 0.717) is 36.3 Å². The maximum Gasteiger partial charge on any atom is 0.320 e. The van der Waals surface area contributed by atoms with Crippen LogP contribution in [-0.2, 0) is 11.3 Å².